The van der Waals surface area contributed by atoms with Gasteiger partial charge in [0.05, 0.1) is 6.57 Å². The van der Waals surface area contributed by atoms with Crippen molar-refractivity contribution in [1.82, 2.24) is 9.29 Å². The molecule has 1 amide bonds. The highest BCUT2D eigenvalue weighted by atomic mass is 32.2. The molecule has 26 heavy (non-hydrogen) atoms. The summed E-state index contributed by atoms with van der Waals surface area (Å²) in [5, 5.41) is 2.61. The molecule has 9 heteroatoms. The van der Waals surface area contributed by atoms with E-state index in [4.69, 9.17) is 6.57 Å². The van der Waals surface area contributed by atoms with Crippen LogP contribution in [0.3, 0.4) is 0 Å². The number of fused-ring (bicyclic) bond motifs is 1. The summed E-state index contributed by atoms with van der Waals surface area (Å²) in [4.78, 5) is 15.9. The Balaban J connectivity index is 1.99. The number of amides is 1. The predicted octanol–water partition coefficient (Wildman–Crippen LogP) is 2.58. The summed E-state index contributed by atoms with van der Waals surface area (Å²) >= 11 is 0. The fraction of sp³-hybridized carbons (Fsp3) is 0.294. The topological polar surface area (TPSA) is 84.6 Å². The zero-order valence-electron chi connectivity index (χ0n) is 14.2. The van der Waals surface area contributed by atoms with E-state index in [2.05, 4.69) is 14.9 Å². The molecule has 2 aromatic rings. The van der Waals surface area contributed by atoms with E-state index in [1.54, 1.807) is 14.0 Å². The summed E-state index contributed by atoms with van der Waals surface area (Å²) in [6.07, 6.45) is 2.41. The molecule has 1 atom stereocenters. The van der Waals surface area contributed by atoms with E-state index in [0.717, 1.165) is 6.07 Å². The molecule has 0 radical (unpaired) electrons. The van der Waals surface area contributed by atoms with Gasteiger partial charge in [-0.15, -0.1) is 0 Å². The van der Waals surface area contributed by atoms with E-state index in [1.807, 2.05) is 0 Å². The largest absolute Gasteiger partial charge is 0.345 e. The Morgan fingerprint density at radius 1 is 1.46 bits per heavy atom. The average Bonchev–Trinajstić information content (AvgIpc) is 2.86. The van der Waals surface area contributed by atoms with Crippen LogP contribution in [0.2, 0.25) is 0 Å². The fourth-order valence-corrected chi connectivity index (χ4v) is 4.63. The lowest BCUT2D eigenvalue weighted by molar-refractivity contribution is 0.101. The molecule has 0 saturated heterocycles. The number of nitrogens with one attached hydrogen (secondary N) is 2. The number of benzene rings is 1. The van der Waals surface area contributed by atoms with E-state index in [9.17, 15) is 17.6 Å². The van der Waals surface area contributed by atoms with Crippen molar-refractivity contribution in [3.05, 3.63) is 52.9 Å². The number of carbonyl (C=O) groups excluding carboxylic acids is 1. The number of rotatable bonds is 2. The predicted molar refractivity (Wildman–Crippen MR) is 94.1 cm³/mol. The highest BCUT2D eigenvalue weighted by molar-refractivity contribution is 7.89. The second kappa shape index (κ2) is 6.55. The molecule has 7 nitrogen and oxygen atoms in total. The molecule has 3 rings (SSSR count). The first kappa shape index (κ1) is 18.1. The molecule has 2 heterocycles. The third kappa shape index (κ3) is 3.21. The second-order valence-electron chi connectivity index (χ2n) is 6.22. The van der Waals surface area contributed by atoms with Crippen LogP contribution in [-0.2, 0) is 23.5 Å². The Morgan fingerprint density at radius 2 is 2.19 bits per heavy atom. The van der Waals surface area contributed by atoms with Crippen molar-refractivity contribution in [2.24, 2.45) is 7.05 Å². The zero-order valence-corrected chi connectivity index (χ0v) is 15.0. The van der Waals surface area contributed by atoms with Crippen LogP contribution in [0.1, 0.15) is 29.4 Å². The van der Waals surface area contributed by atoms with Gasteiger partial charge in [-0.25, -0.2) is 22.4 Å². The van der Waals surface area contributed by atoms with Crippen LogP contribution >= 0.6 is 0 Å². The minimum atomic E-state index is -3.69. The van der Waals surface area contributed by atoms with Crippen molar-refractivity contribution in [3.63, 3.8) is 0 Å². The smallest absolute Gasteiger partial charge is 0.272 e. The maximum absolute atomic E-state index is 13.4. The number of carbonyl (C=O) groups is 1. The Morgan fingerprint density at radius 3 is 2.88 bits per heavy atom. The van der Waals surface area contributed by atoms with Crippen molar-refractivity contribution in [2.45, 2.75) is 30.7 Å². The van der Waals surface area contributed by atoms with E-state index in [0.29, 0.717) is 18.4 Å². The molecular weight excluding hydrogens is 359 g/mol. The number of anilines is 1. The first-order valence-electron chi connectivity index (χ1n) is 7.92. The second-order valence-corrected chi connectivity index (χ2v) is 7.91. The maximum Gasteiger partial charge on any atom is 0.272 e. The van der Waals surface area contributed by atoms with Gasteiger partial charge in [-0.2, -0.15) is 0 Å². The molecule has 0 saturated carbocycles. The van der Waals surface area contributed by atoms with Crippen molar-refractivity contribution < 1.29 is 17.6 Å². The standard InChI is InChI=1S/C17H17FN4O3S/c1-10-4-6-12-15(26(24,25)21-10)9-22(3)16(12)17(23)20-11-5-7-13(18)14(8-11)19-2/h5,7-10,21H,4,6H2,1,3H3,(H,20,23)/t10-/m0/s1. The SMILES string of the molecule is [C-]#[N+]c1cc(NC(=O)c2c3c(cn2C)S(=O)(=O)N[C@@H](C)CC3)ccc1F. The molecule has 1 aliphatic rings. The summed E-state index contributed by atoms with van der Waals surface area (Å²) in [5.41, 5.74) is 0.747. The number of halogens is 1. The molecule has 1 aromatic heterocycles. The lowest BCUT2D eigenvalue weighted by atomic mass is 10.1. The van der Waals surface area contributed by atoms with E-state index in [1.165, 1.54) is 22.9 Å². The van der Waals surface area contributed by atoms with Crippen molar-refractivity contribution in [3.8, 4) is 0 Å². The van der Waals surface area contributed by atoms with Crippen LogP contribution in [0.25, 0.3) is 4.85 Å². The van der Waals surface area contributed by atoms with Crippen LogP contribution in [0.5, 0.6) is 0 Å². The first-order valence-corrected chi connectivity index (χ1v) is 9.40. The number of aromatic nitrogens is 1. The van der Waals surface area contributed by atoms with Gasteiger partial charge in [0.1, 0.15) is 16.4 Å². The summed E-state index contributed by atoms with van der Waals surface area (Å²) in [6.45, 7) is 8.71. The minimum Gasteiger partial charge on any atom is -0.345 e. The third-order valence-corrected chi connectivity index (χ3v) is 5.90. The van der Waals surface area contributed by atoms with Crippen LogP contribution in [0.15, 0.2) is 29.3 Å². The summed E-state index contributed by atoms with van der Waals surface area (Å²) < 4.78 is 42.4. The monoisotopic (exact) mass is 376 g/mol. The normalized spacial score (nSPS) is 18.5. The molecule has 0 spiro atoms. The Bertz CT molecular complexity index is 1040. The molecule has 136 valence electrons. The molecule has 1 aliphatic heterocycles. The number of hydrogen-bond donors (Lipinski definition) is 2. The van der Waals surface area contributed by atoms with Gasteiger partial charge in [-0.3, -0.25) is 4.79 Å². The zero-order chi connectivity index (χ0) is 19.1. The quantitative estimate of drug-likeness (QED) is 0.790. The molecule has 0 fully saturated rings. The Labute approximate surface area is 150 Å². The Hall–Kier alpha value is -2.70. The number of aryl methyl sites for hydroxylation is 1. The molecule has 0 unspecified atom stereocenters. The summed E-state index contributed by atoms with van der Waals surface area (Å²) in [5.74, 6) is -1.18. The molecule has 0 aliphatic carbocycles. The number of nitrogens with zero attached hydrogens (tertiary/aromatic N) is 2. The van der Waals surface area contributed by atoms with Crippen LogP contribution in [-0.4, -0.2) is 24.9 Å². The highest BCUT2D eigenvalue weighted by Crippen LogP contribution is 2.28. The lowest BCUT2D eigenvalue weighted by Gasteiger charge is -2.10. The van der Waals surface area contributed by atoms with Crippen molar-refractivity contribution >= 4 is 27.3 Å². The number of sulfonamides is 1. The van der Waals surface area contributed by atoms with Gasteiger partial charge in [0.2, 0.25) is 15.7 Å². The van der Waals surface area contributed by atoms with Gasteiger partial charge in [-0.05, 0) is 38.0 Å². The minimum absolute atomic E-state index is 0.0930. The molecule has 1 aromatic carbocycles. The van der Waals surface area contributed by atoms with E-state index >= 15 is 0 Å². The average molecular weight is 376 g/mol. The fourth-order valence-electron chi connectivity index (χ4n) is 3.03. The van der Waals surface area contributed by atoms with Gasteiger partial charge in [0.25, 0.3) is 5.91 Å². The van der Waals surface area contributed by atoms with E-state index < -0.39 is 21.7 Å². The first-order chi connectivity index (χ1) is 12.2. The van der Waals surface area contributed by atoms with Crippen LogP contribution in [0, 0.1) is 12.4 Å². The van der Waals surface area contributed by atoms with Gasteiger partial charge in [-0.1, -0.05) is 0 Å². The van der Waals surface area contributed by atoms with Crippen LogP contribution in [0.4, 0.5) is 15.8 Å². The molecular formula is C17H17FN4O3S. The molecule has 0 bridgehead atoms. The van der Waals surface area contributed by atoms with Gasteiger partial charge < -0.3 is 9.88 Å². The van der Waals surface area contributed by atoms with Gasteiger partial charge in [0, 0.05) is 30.5 Å². The summed E-state index contributed by atoms with van der Waals surface area (Å²) in [7, 11) is -2.10. The lowest BCUT2D eigenvalue weighted by Crippen LogP contribution is -2.30. The van der Waals surface area contributed by atoms with E-state index in [-0.39, 0.29) is 28.0 Å². The van der Waals surface area contributed by atoms with Crippen molar-refractivity contribution in [2.75, 3.05) is 5.32 Å². The maximum atomic E-state index is 13.4. The van der Waals surface area contributed by atoms with Gasteiger partial charge >= 0.3 is 0 Å². The van der Waals surface area contributed by atoms with Crippen molar-refractivity contribution in [1.29, 1.82) is 0 Å². The van der Waals surface area contributed by atoms with Crippen LogP contribution < -0.4 is 10.0 Å². The number of hydrogen-bond acceptors (Lipinski definition) is 3. The van der Waals surface area contributed by atoms with Gasteiger partial charge in [0.15, 0.2) is 0 Å². The Kier molecular flexibility index (Phi) is 4.56. The summed E-state index contributed by atoms with van der Waals surface area (Å²) in [6, 6.07) is 3.46. The highest BCUT2D eigenvalue weighted by Gasteiger charge is 2.31. The molecule has 2 N–H and O–H groups in total. The third-order valence-electron chi connectivity index (χ3n) is 4.26.